The van der Waals surface area contributed by atoms with Crippen molar-refractivity contribution in [3.8, 4) is 0 Å². The van der Waals surface area contributed by atoms with Gasteiger partial charge in [-0.1, -0.05) is 0 Å². The second-order valence-electron chi connectivity index (χ2n) is 3.47. The molecule has 1 aliphatic carbocycles. The number of ether oxygens (including phenoxy) is 1. The Bertz CT molecular complexity index is 285. The van der Waals surface area contributed by atoms with Crippen molar-refractivity contribution in [1.29, 1.82) is 0 Å². The molecule has 1 aromatic rings. The number of fused-ring (bicyclic) bond motifs is 1. The Morgan fingerprint density at radius 2 is 2.54 bits per heavy atom. The lowest BCUT2D eigenvalue weighted by molar-refractivity contribution is 0.132. The topological polar surface area (TPSA) is 22.1 Å². The molecule has 1 aliphatic rings. The fourth-order valence-corrected chi connectivity index (χ4v) is 1.95. The van der Waals surface area contributed by atoms with Gasteiger partial charge in [0.15, 0.2) is 0 Å². The number of aromatic nitrogens is 1. The Morgan fingerprint density at radius 3 is 3.38 bits per heavy atom. The fourth-order valence-electron chi connectivity index (χ4n) is 1.95. The maximum atomic E-state index is 5.45. The second-order valence-corrected chi connectivity index (χ2v) is 3.47. The molecule has 0 radical (unpaired) electrons. The molecule has 0 spiro atoms. The molecule has 0 bridgehead atoms. The van der Waals surface area contributed by atoms with Crippen molar-refractivity contribution in [1.82, 2.24) is 4.98 Å². The van der Waals surface area contributed by atoms with Gasteiger partial charge in [0.25, 0.3) is 0 Å². The molecular formula is C11H15NO. The predicted molar refractivity (Wildman–Crippen MR) is 51.8 cm³/mol. The number of hydrogen-bond donors (Lipinski definition) is 0. The van der Waals surface area contributed by atoms with E-state index in [0.29, 0.717) is 5.92 Å². The Kier molecular flexibility index (Phi) is 2.60. The monoisotopic (exact) mass is 177 g/mol. The minimum atomic E-state index is 0.587. The molecule has 1 atom stereocenters. The summed E-state index contributed by atoms with van der Waals surface area (Å²) >= 11 is 0. The highest BCUT2D eigenvalue weighted by atomic mass is 16.5. The molecule has 2 nitrogen and oxygen atoms in total. The molecule has 0 N–H and O–H groups in total. The molecule has 0 fully saturated rings. The lowest BCUT2D eigenvalue weighted by atomic mass is 10.1. The first kappa shape index (κ1) is 8.70. The lowest BCUT2D eigenvalue weighted by Gasteiger charge is -2.09. The summed E-state index contributed by atoms with van der Waals surface area (Å²) in [6, 6.07) is 2.13. The fraction of sp³-hybridized carbons (Fsp3) is 0.545. The number of nitrogens with zero attached hydrogens (tertiary/aromatic N) is 1. The number of pyridine rings is 1. The van der Waals surface area contributed by atoms with Gasteiger partial charge in [0.2, 0.25) is 0 Å². The molecule has 1 heterocycles. The third kappa shape index (κ3) is 1.73. The Morgan fingerprint density at radius 1 is 1.62 bits per heavy atom. The van der Waals surface area contributed by atoms with Crippen molar-refractivity contribution in [2.24, 2.45) is 0 Å². The summed E-state index contributed by atoms with van der Waals surface area (Å²) in [7, 11) is 0. The van der Waals surface area contributed by atoms with Crippen LogP contribution in [0.1, 0.15) is 30.4 Å². The van der Waals surface area contributed by atoms with Crippen LogP contribution in [0.4, 0.5) is 0 Å². The van der Waals surface area contributed by atoms with Crippen LogP contribution < -0.4 is 0 Å². The SMILES string of the molecule is CCOCC1CCc2ccncc21. The number of aryl methyl sites for hydroxylation is 1. The van der Waals surface area contributed by atoms with Crippen LogP contribution in [-0.2, 0) is 11.2 Å². The van der Waals surface area contributed by atoms with Gasteiger partial charge in [-0.05, 0) is 37.0 Å². The molecule has 0 saturated carbocycles. The second kappa shape index (κ2) is 3.88. The van der Waals surface area contributed by atoms with Crippen molar-refractivity contribution in [2.75, 3.05) is 13.2 Å². The molecule has 1 aromatic heterocycles. The van der Waals surface area contributed by atoms with E-state index in [4.69, 9.17) is 4.74 Å². The van der Waals surface area contributed by atoms with Gasteiger partial charge in [-0.2, -0.15) is 0 Å². The van der Waals surface area contributed by atoms with E-state index in [1.807, 2.05) is 19.3 Å². The minimum absolute atomic E-state index is 0.587. The summed E-state index contributed by atoms with van der Waals surface area (Å²) in [6.45, 7) is 3.71. The van der Waals surface area contributed by atoms with Gasteiger partial charge in [-0.15, -0.1) is 0 Å². The van der Waals surface area contributed by atoms with E-state index in [9.17, 15) is 0 Å². The standard InChI is InChI=1S/C11H15NO/c1-2-13-8-10-4-3-9-5-6-12-7-11(9)10/h5-7,10H,2-4,8H2,1H3. The van der Waals surface area contributed by atoms with Gasteiger partial charge in [0.05, 0.1) is 6.61 Å². The molecule has 0 aromatic carbocycles. The molecule has 0 amide bonds. The number of hydrogen-bond acceptors (Lipinski definition) is 2. The molecule has 2 heteroatoms. The van der Waals surface area contributed by atoms with Crippen LogP contribution in [0.3, 0.4) is 0 Å². The Balaban J connectivity index is 2.09. The van der Waals surface area contributed by atoms with Gasteiger partial charge in [-0.3, -0.25) is 4.98 Å². The minimum Gasteiger partial charge on any atom is -0.381 e. The van der Waals surface area contributed by atoms with E-state index in [-0.39, 0.29) is 0 Å². The van der Waals surface area contributed by atoms with Gasteiger partial charge < -0.3 is 4.74 Å². The molecule has 0 saturated heterocycles. The van der Waals surface area contributed by atoms with Crippen molar-refractivity contribution >= 4 is 0 Å². The highest BCUT2D eigenvalue weighted by molar-refractivity contribution is 5.31. The van der Waals surface area contributed by atoms with E-state index in [2.05, 4.69) is 11.1 Å². The van der Waals surface area contributed by atoms with Crippen molar-refractivity contribution in [3.63, 3.8) is 0 Å². The first-order valence-corrected chi connectivity index (χ1v) is 4.92. The zero-order valence-electron chi connectivity index (χ0n) is 7.99. The normalized spacial score (nSPS) is 20.2. The van der Waals surface area contributed by atoms with E-state index in [0.717, 1.165) is 13.2 Å². The zero-order chi connectivity index (χ0) is 9.10. The molecular weight excluding hydrogens is 162 g/mol. The highest BCUT2D eigenvalue weighted by Gasteiger charge is 2.21. The molecule has 13 heavy (non-hydrogen) atoms. The summed E-state index contributed by atoms with van der Waals surface area (Å²) in [5.74, 6) is 0.587. The average molecular weight is 177 g/mol. The van der Waals surface area contributed by atoms with E-state index in [1.165, 1.54) is 24.0 Å². The maximum absolute atomic E-state index is 5.45. The first-order valence-electron chi connectivity index (χ1n) is 4.92. The summed E-state index contributed by atoms with van der Waals surface area (Å²) in [5.41, 5.74) is 2.86. The molecule has 1 unspecified atom stereocenters. The van der Waals surface area contributed by atoms with Crippen LogP contribution >= 0.6 is 0 Å². The van der Waals surface area contributed by atoms with E-state index in [1.54, 1.807) is 0 Å². The summed E-state index contributed by atoms with van der Waals surface area (Å²) in [4.78, 5) is 4.16. The molecule has 70 valence electrons. The van der Waals surface area contributed by atoms with Crippen molar-refractivity contribution in [3.05, 3.63) is 29.6 Å². The van der Waals surface area contributed by atoms with Crippen molar-refractivity contribution in [2.45, 2.75) is 25.7 Å². The van der Waals surface area contributed by atoms with Crippen LogP contribution in [0.15, 0.2) is 18.5 Å². The van der Waals surface area contributed by atoms with Gasteiger partial charge in [0, 0.05) is 24.9 Å². The lowest BCUT2D eigenvalue weighted by Crippen LogP contribution is -2.04. The van der Waals surface area contributed by atoms with Crippen molar-refractivity contribution < 1.29 is 4.74 Å². The quantitative estimate of drug-likeness (QED) is 0.705. The zero-order valence-corrected chi connectivity index (χ0v) is 7.99. The van der Waals surface area contributed by atoms with Crippen LogP contribution in [0.25, 0.3) is 0 Å². The van der Waals surface area contributed by atoms with Crippen LogP contribution in [0, 0.1) is 0 Å². The van der Waals surface area contributed by atoms with Gasteiger partial charge >= 0.3 is 0 Å². The third-order valence-electron chi connectivity index (χ3n) is 2.67. The van der Waals surface area contributed by atoms with Crippen LogP contribution in [-0.4, -0.2) is 18.2 Å². The highest BCUT2D eigenvalue weighted by Crippen LogP contribution is 2.32. The molecule has 2 rings (SSSR count). The summed E-state index contributed by atoms with van der Waals surface area (Å²) in [5, 5.41) is 0. The smallest absolute Gasteiger partial charge is 0.0535 e. The number of rotatable bonds is 3. The largest absolute Gasteiger partial charge is 0.381 e. The molecule has 0 aliphatic heterocycles. The first-order chi connectivity index (χ1) is 6.42. The Labute approximate surface area is 78.9 Å². The van der Waals surface area contributed by atoms with Crippen LogP contribution in [0.5, 0.6) is 0 Å². The predicted octanol–water partition coefficient (Wildman–Crippen LogP) is 2.15. The maximum Gasteiger partial charge on any atom is 0.0535 e. The van der Waals surface area contributed by atoms with Gasteiger partial charge in [0.1, 0.15) is 0 Å². The summed E-state index contributed by atoms with van der Waals surface area (Å²) < 4.78 is 5.45. The average Bonchev–Trinajstić information content (AvgIpc) is 2.58. The van der Waals surface area contributed by atoms with E-state index >= 15 is 0 Å². The van der Waals surface area contributed by atoms with E-state index < -0.39 is 0 Å². The summed E-state index contributed by atoms with van der Waals surface area (Å²) in [6.07, 6.45) is 6.28. The Hall–Kier alpha value is -0.890. The van der Waals surface area contributed by atoms with Gasteiger partial charge in [-0.25, -0.2) is 0 Å². The third-order valence-corrected chi connectivity index (χ3v) is 2.67. The van der Waals surface area contributed by atoms with Crippen LogP contribution in [0.2, 0.25) is 0 Å².